The third kappa shape index (κ3) is 4.40. The lowest BCUT2D eigenvalue weighted by Crippen LogP contribution is -2.46. The second-order valence-electron chi connectivity index (χ2n) is 6.65. The lowest BCUT2D eigenvalue weighted by Gasteiger charge is -2.34. The molecule has 140 valence electrons. The standard InChI is InChI=1S/C19H21N5OS2/c1-13-22-23-19(27-13)14-5-4-6-15(9-14)21-18(25)17-7-2-3-8-24(17)11-16-10-20-12-26-16/h4-6,9-10,12,17H,2-3,7-8,11H2,1H3,(H,21,25). The fourth-order valence-corrected chi connectivity index (χ4v) is 4.67. The van der Waals surface area contributed by atoms with Crippen LogP contribution in [0.5, 0.6) is 0 Å². The molecule has 4 rings (SSSR count). The molecule has 1 atom stereocenters. The van der Waals surface area contributed by atoms with Crippen molar-refractivity contribution in [3.05, 3.63) is 45.9 Å². The van der Waals surface area contributed by atoms with Crippen molar-refractivity contribution in [1.29, 1.82) is 0 Å². The predicted molar refractivity (Wildman–Crippen MR) is 109 cm³/mol. The highest BCUT2D eigenvalue weighted by Gasteiger charge is 2.29. The number of aryl methyl sites for hydroxylation is 1. The van der Waals surface area contributed by atoms with Crippen molar-refractivity contribution >= 4 is 34.3 Å². The second-order valence-corrected chi connectivity index (χ2v) is 8.80. The van der Waals surface area contributed by atoms with Crippen LogP contribution in [0.4, 0.5) is 5.69 Å². The molecule has 1 amide bonds. The third-order valence-electron chi connectivity index (χ3n) is 4.66. The maximum atomic E-state index is 13.0. The van der Waals surface area contributed by atoms with Gasteiger partial charge in [-0.1, -0.05) is 29.9 Å². The van der Waals surface area contributed by atoms with Crippen LogP contribution in [0.2, 0.25) is 0 Å². The Hall–Kier alpha value is -2.16. The number of thiazole rings is 1. The number of likely N-dealkylation sites (tertiary alicyclic amines) is 1. The number of piperidine rings is 1. The number of carbonyl (C=O) groups excluding carboxylic acids is 1. The van der Waals surface area contributed by atoms with Gasteiger partial charge in [-0.05, 0) is 38.4 Å². The number of carbonyl (C=O) groups is 1. The number of rotatable bonds is 5. The van der Waals surface area contributed by atoms with E-state index >= 15 is 0 Å². The summed E-state index contributed by atoms with van der Waals surface area (Å²) in [6.45, 7) is 3.67. The fourth-order valence-electron chi connectivity index (χ4n) is 3.37. The molecule has 0 saturated carbocycles. The molecule has 1 aromatic carbocycles. The molecule has 1 unspecified atom stereocenters. The van der Waals surface area contributed by atoms with Crippen molar-refractivity contribution < 1.29 is 4.79 Å². The van der Waals surface area contributed by atoms with Gasteiger partial charge in [0, 0.05) is 28.9 Å². The first kappa shape index (κ1) is 18.2. The van der Waals surface area contributed by atoms with Crippen LogP contribution in [0.15, 0.2) is 36.0 Å². The van der Waals surface area contributed by atoms with Gasteiger partial charge in [-0.25, -0.2) is 0 Å². The summed E-state index contributed by atoms with van der Waals surface area (Å²) in [6, 6.07) is 7.72. The number of amides is 1. The summed E-state index contributed by atoms with van der Waals surface area (Å²) in [5, 5.41) is 13.2. The quantitative estimate of drug-likeness (QED) is 0.703. The summed E-state index contributed by atoms with van der Waals surface area (Å²) < 4.78 is 0. The Balaban J connectivity index is 1.47. The van der Waals surface area contributed by atoms with Crippen LogP contribution in [0.1, 0.15) is 29.1 Å². The van der Waals surface area contributed by atoms with Gasteiger partial charge in [-0.3, -0.25) is 14.7 Å². The van der Waals surface area contributed by atoms with Crippen molar-refractivity contribution in [2.24, 2.45) is 0 Å². The Labute approximate surface area is 166 Å². The Morgan fingerprint density at radius 3 is 3.04 bits per heavy atom. The molecule has 0 aliphatic carbocycles. The number of nitrogens with one attached hydrogen (secondary N) is 1. The predicted octanol–water partition coefficient (Wildman–Crippen LogP) is 3.96. The SMILES string of the molecule is Cc1nnc(-c2cccc(NC(=O)C3CCCCN3Cc3cncs3)c2)s1. The van der Waals surface area contributed by atoms with E-state index in [9.17, 15) is 4.79 Å². The van der Waals surface area contributed by atoms with Gasteiger partial charge in [0.1, 0.15) is 10.0 Å². The Morgan fingerprint density at radius 2 is 2.26 bits per heavy atom. The van der Waals surface area contributed by atoms with Crippen LogP contribution in [0.25, 0.3) is 10.6 Å². The van der Waals surface area contributed by atoms with E-state index in [1.807, 2.05) is 42.9 Å². The van der Waals surface area contributed by atoms with Gasteiger partial charge in [0.2, 0.25) is 5.91 Å². The van der Waals surface area contributed by atoms with E-state index in [0.717, 1.165) is 53.6 Å². The largest absolute Gasteiger partial charge is 0.325 e. The van der Waals surface area contributed by atoms with Gasteiger partial charge in [0.05, 0.1) is 11.6 Å². The molecular formula is C19H21N5OS2. The number of hydrogen-bond acceptors (Lipinski definition) is 7. The summed E-state index contributed by atoms with van der Waals surface area (Å²) >= 11 is 3.19. The van der Waals surface area contributed by atoms with Crippen molar-refractivity contribution in [3.63, 3.8) is 0 Å². The number of benzene rings is 1. The van der Waals surface area contributed by atoms with Crippen molar-refractivity contribution in [2.45, 2.75) is 38.8 Å². The second kappa shape index (κ2) is 8.24. The normalized spacial score (nSPS) is 17.7. The molecule has 1 aliphatic heterocycles. The van der Waals surface area contributed by atoms with E-state index in [4.69, 9.17) is 0 Å². The van der Waals surface area contributed by atoms with Crippen molar-refractivity contribution in [1.82, 2.24) is 20.1 Å². The molecule has 0 bridgehead atoms. The summed E-state index contributed by atoms with van der Waals surface area (Å²) in [5.74, 6) is 0.0600. The molecule has 0 radical (unpaired) electrons. The Bertz CT molecular complexity index is 908. The van der Waals surface area contributed by atoms with Crippen molar-refractivity contribution in [2.75, 3.05) is 11.9 Å². The maximum absolute atomic E-state index is 13.0. The minimum absolute atomic E-state index is 0.0600. The zero-order valence-corrected chi connectivity index (χ0v) is 16.7. The number of hydrogen-bond donors (Lipinski definition) is 1. The molecule has 1 N–H and O–H groups in total. The first-order chi connectivity index (χ1) is 13.2. The van der Waals surface area contributed by atoms with Crippen LogP contribution < -0.4 is 5.32 Å². The lowest BCUT2D eigenvalue weighted by atomic mass is 10.0. The number of nitrogens with zero attached hydrogens (tertiary/aromatic N) is 4. The topological polar surface area (TPSA) is 71.0 Å². The molecule has 8 heteroatoms. The molecule has 0 spiro atoms. The minimum Gasteiger partial charge on any atom is -0.325 e. The molecule has 1 aliphatic rings. The Kier molecular flexibility index (Phi) is 5.56. The zero-order chi connectivity index (χ0) is 18.6. The highest BCUT2D eigenvalue weighted by Crippen LogP contribution is 2.27. The van der Waals surface area contributed by atoms with Crippen LogP contribution in [0.3, 0.4) is 0 Å². The minimum atomic E-state index is -0.103. The van der Waals surface area contributed by atoms with Crippen LogP contribution >= 0.6 is 22.7 Å². The average Bonchev–Trinajstić information content (AvgIpc) is 3.34. The van der Waals surface area contributed by atoms with Crippen LogP contribution in [-0.4, -0.2) is 38.6 Å². The van der Waals surface area contributed by atoms with E-state index in [2.05, 4.69) is 25.4 Å². The van der Waals surface area contributed by atoms with E-state index < -0.39 is 0 Å². The average molecular weight is 400 g/mol. The maximum Gasteiger partial charge on any atom is 0.241 e. The van der Waals surface area contributed by atoms with Gasteiger partial charge in [-0.15, -0.1) is 21.5 Å². The summed E-state index contributed by atoms with van der Waals surface area (Å²) in [4.78, 5) is 20.6. The molecule has 1 fully saturated rings. The lowest BCUT2D eigenvalue weighted by molar-refractivity contribution is -0.122. The third-order valence-corrected chi connectivity index (χ3v) is 6.31. The molecule has 2 aromatic heterocycles. The zero-order valence-electron chi connectivity index (χ0n) is 15.1. The van der Waals surface area contributed by atoms with Gasteiger partial charge >= 0.3 is 0 Å². The highest BCUT2D eigenvalue weighted by atomic mass is 32.1. The van der Waals surface area contributed by atoms with Gasteiger partial charge in [-0.2, -0.15) is 0 Å². The van der Waals surface area contributed by atoms with Crippen LogP contribution in [0, 0.1) is 6.92 Å². The first-order valence-electron chi connectivity index (χ1n) is 9.02. The van der Waals surface area contributed by atoms with E-state index in [1.165, 1.54) is 4.88 Å². The van der Waals surface area contributed by atoms with Gasteiger partial charge in [0.25, 0.3) is 0 Å². The number of anilines is 1. The summed E-state index contributed by atoms with van der Waals surface area (Å²) in [6.07, 6.45) is 5.00. The summed E-state index contributed by atoms with van der Waals surface area (Å²) in [5.41, 5.74) is 3.62. The van der Waals surface area contributed by atoms with E-state index in [1.54, 1.807) is 22.7 Å². The Morgan fingerprint density at radius 1 is 1.33 bits per heavy atom. The molecule has 6 nitrogen and oxygen atoms in total. The molecular weight excluding hydrogens is 378 g/mol. The fraction of sp³-hybridized carbons (Fsp3) is 0.368. The molecule has 1 saturated heterocycles. The van der Waals surface area contributed by atoms with E-state index in [-0.39, 0.29) is 11.9 Å². The van der Waals surface area contributed by atoms with Gasteiger partial charge < -0.3 is 5.32 Å². The van der Waals surface area contributed by atoms with E-state index in [0.29, 0.717) is 0 Å². The first-order valence-corrected chi connectivity index (χ1v) is 10.7. The highest BCUT2D eigenvalue weighted by molar-refractivity contribution is 7.14. The molecule has 27 heavy (non-hydrogen) atoms. The summed E-state index contributed by atoms with van der Waals surface area (Å²) in [7, 11) is 0. The smallest absolute Gasteiger partial charge is 0.241 e. The van der Waals surface area contributed by atoms with Gasteiger partial charge in [0.15, 0.2) is 0 Å². The van der Waals surface area contributed by atoms with Crippen molar-refractivity contribution in [3.8, 4) is 10.6 Å². The molecule has 3 aromatic rings. The monoisotopic (exact) mass is 399 g/mol. The molecule has 3 heterocycles. The number of aromatic nitrogens is 3. The van der Waals surface area contributed by atoms with Crippen LogP contribution in [-0.2, 0) is 11.3 Å².